The van der Waals surface area contributed by atoms with Gasteiger partial charge in [-0.15, -0.1) is 23.2 Å². The van der Waals surface area contributed by atoms with Crippen LogP contribution in [0.4, 0.5) is 0 Å². The van der Waals surface area contributed by atoms with Gasteiger partial charge in [0, 0.05) is 11.8 Å². The van der Waals surface area contributed by atoms with E-state index in [9.17, 15) is 0 Å². The van der Waals surface area contributed by atoms with Gasteiger partial charge in [-0.2, -0.15) is 0 Å². The highest BCUT2D eigenvalue weighted by Crippen LogP contribution is 2.40. The topological polar surface area (TPSA) is 36.9 Å². The van der Waals surface area contributed by atoms with Crippen molar-refractivity contribution in [2.75, 3.05) is 26.4 Å². The van der Waals surface area contributed by atoms with E-state index < -0.39 is 0 Å². The Balaban J connectivity index is 2.06. The van der Waals surface area contributed by atoms with Crippen molar-refractivity contribution >= 4 is 23.2 Å². The van der Waals surface area contributed by atoms with Crippen molar-refractivity contribution in [3.63, 3.8) is 0 Å². The van der Waals surface area contributed by atoms with Gasteiger partial charge in [0.1, 0.15) is 0 Å². The van der Waals surface area contributed by atoms with Crippen LogP contribution < -0.4 is 18.9 Å². The molecule has 0 aromatic heterocycles. The molecule has 3 aromatic rings. The molecule has 0 atom stereocenters. The average Bonchev–Trinajstić information content (AvgIpc) is 2.96. The fourth-order valence-electron chi connectivity index (χ4n) is 4.29. The molecule has 0 saturated carbocycles. The standard InChI is InChI=1S/C36H48Cl2O4/c1-23(2)19-39-33-11-9-27(15-35(33)41-21-25(5)6)31-13-30(18-38)32(14-29(31)17-37)28-10-12-34(40-20-24(3)4)36(16-28)42-22-26(7)8/h9-16,23-26H,17-22H2,1-8H3. The number of rotatable bonds is 16. The van der Waals surface area contributed by atoms with Gasteiger partial charge in [-0.25, -0.2) is 0 Å². The lowest BCUT2D eigenvalue weighted by molar-refractivity contribution is 0.229. The zero-order valence-electron chi connectivity index (χ0n) is 26.6. The van der Waals surface area contributed by atoms with E-state index in [2.05, 4.69) is 91.8 Å². The third-order valence-electron chi connectivity index (χ3n) is 6.42. The molecule has 0 bridgehead atoms. The summed E-state index contributed by atoms with van der Waals surface area (Å²) in [5.41, 5.74) is 6.10. The number of ether oxygens (including phenoxy) is 4. The van der Waals surface area contributed by atoms with Crippen LogP contribution in [0.25, 0.3) is 22.3 Å². The second kappa shape index (κ2) is 16.3. The maximum Gasteiger partial charge on any atom is 0.161 e. The van der Waals surface area contributed by atoms with Gasteiger partial charge in [0.15, 0.2) is 23.0 Å². The summed E-state index contributed by atoms with van der Waals surface area (Å²) in [6.45, 7) is 19.5. The van der Waals surface area contributed by atoms with E-state index >= 15 is 0 Å². The van der Waals surface area contributed by atoms with Gasteiger partial charge in [-0.3, -0.25) is 0 Å². The largest absolute Gasteiger partial charge is 0.489 e. The Labute approximate surface area is 263 Å². The summed E-state index contributed by atoms with van der Waals surface area (Å²) in [5, 5.41) is 0. The first kappa shape index (κ1) is 33.9. The molecular weight excluding hydrogens is 567 g/mol. The normalized spacial score (nSPS) is 11.6. The maximum absolute atomic E-state index is 6.57. The van der Waals surface area contributed by atoms with E-state index in [4.69, 9.17) is 42.1 Å². The molecule has 0 unspecified atom stereocenters. The summed E-state index contributed by atoms with van der Waals surface area (Å²) in [4.78, 5) is 0. The highest BCUT2D eigenvalue weighted by molar-refractivity contribution is 6.18. The van der Waals surface area contributed by atoms with E-state index in [0.717, 1.165) is 56.4 Å². The van der Waals surface area contributed by atoms with Crippen molar-refractivity contribution in [1.29, 1.82) is 0 Å². The first-order valence-corrected chi connectivity index (χ1v) is 16.2. The van der Waals surface area contributed by atoms with Crippen molar-refractivity contribution < 1.29 is 18.9 Å². The second-order valence-electron chi connectivity index (χ2n) is 12.6. The second-order valence-corrected chi connectivity index (χ2v) is 13.1. The molecule has 0 fully saturated rings. The minimum absolute atomic E-state index is 0.352. The molecule has 0 aliphatic carbocycles. The summed E-state index contributed by atoms with van der Waals surface area (Å²) in [6, 6.07) is 16.5. The minimum Gasteiger partial charge on any atom is -0.489 e. The minimum atomic E-state index is 0.352. The summed E-state index contributed by atoms with van der Waals surface area (Å²) in [5.74, 6) is 5.30. The molecule has 3 aromatic carbocycles. The maximum atomic E-state index is 6.57. The molecular formula is C36H48Cl2O4. The van der Waals surface area contributed by atoms with Gasteiger partial charge in [0.05, 0.1) is 26.4 Å². The molecule has 3 rings (SSSR count). The van der Waals surface area contributed by atoms with Gasteiger partial charge in [0.25, 0.3) is 0 Å². The predicted molar refractivity (Wildman–Crippen MR) is 178 cm³/mol. The van der Waals surface area contributed by atoms with Crippen LogP contribution in [0.15, 0.2) is 48.5 Å². The molecule has 4 nitrogen and oxygen atoms in total. The van der Waals surface area contributed by atoms with Crippen LogP contribution >= 0.6 is 23.2 Å². The van der Waals surface area contributed by atoms with Crippen molar-refractivity contribution in [1.82, 2.24) is 0 Å². The molecule has 42 heavy (non-hydrogen) atoms. The Hall–Kier alpha value is -2.56. The molecule has 0 amide bonds. The lowest BCUT2D eigenvalue weighted by Crippen LogP contribution is -2.09. The summed E-state index contributed by atoms with van der Waals surface area (Å²) < 4.78 is 24.6. The van der Waals surface area contributed by atoms with Crippen LogP contribution in [0.2, 0.25) is 0 Å². The van der Waals surface area contributed by atoms with Gasteiger partial charge < -0.3 is 18.9 Å². The third kappa shape index (κ3) is 9.74. The highest BCUT2D eigenvalue weighted by atomic mass is 35.5. The van der Waals surface area contributed by atoms with Gasteiger partial charge in [-0.1, -0.05) is 67.5 Å². The van der Waals surface area contributed by atoms with Crippen LogP contribution in [0.5, 0.6) is 23.0 Å². The first-order chi connectivity index (χ1) is 20.0. The number of hydrogen-bond acceptors (Lipinski definition) is 4. The van der Waals surface area contributed by atoms with Crippen LogP contribution in [0, 0.1) is 23.7 Å². The Kier molecular flexibility index (Phi) is 13.2. The quantitative estimate of drug-likeness (QED) is 0.150. The number of benzene rings is 3. The van der Waals surface area contributed by atoms with E-state index in [1.54, 1.807) is 0 Å². The summed E-state index contributed by atoms with van der Waals surface area (Å²) in [7, 11) is 0. The molecule has 0 N–H and O–H groups in total. The van der Waals surface area contributed by atoms with Crippen molar-refractivity contribution in [3.8, 4) is 45.3 Å². The molecule has 0 aliphatic rings. The van der Waals surface area contributed by atoms with E-state index in [1.807, 2.05) is 12.1 Å². The van der Waals surface area contributed by atoms with Crippen LogP contribution in [0.1, 0.15) is 66.5 Å². The lowest BCUT2D eigenvalue weighted by atomic mass is 9.91. The lowest BCUT2D eigenvalue weighted by Gasteiger charge is -2.20. The SMILES string of the molecule is CC(C)COc1ccc(-c2cc(CCl)c(-c3ccc(OCC(C)C)c(OCC(C)C)c3)cc2CCl)cc1OCC(C)C. The molecule has 0 aliphatic heterocycles. The van der Waals surface area contributed by atoms with Gasteiger partial charge >= 0.3 is 0 Å². The van der Waals surface area contributed by atoms with Gasteiger partial charge in [-0.05, 0) is 93.5 Å². The smallest absolute Gasteiger partial charge is 0.161 e. The number of halogens is 2. The Morgan fingerprint density at radius 3 is 1.05 bits per heavy atom. The number of hydrogen-bond donors (Lipinski definition) is 0. The van der Waals surface area contributed by atoms with Crippen molar-refractivity contribution in [3.05, 3.63) is 59.7 Å². The average molecular weight is 616 g/mol. The molecule has 0 radical (unpaired) electrons. The Bertz CT molecular complexity index is 1180. The van der Waals surface area contributed by atoms with Crippen LogP contribution in [-0.2, 0) is 11.8 Å². The van der Waals surface area contributed by atoms with Crippen LogP contribution in [-0.4, -0.2) is 26.4 Å². The molecule has 6 heteroatoms. The van der Waals surface area contributed by atoms with E-state index in [1.165, 1.54) is 0 Å². The van der Waals surface area contributed by atoms with Crippen molar-refractivity contribution in [2.24, 2.45) is 23.7 Å². The number of alkyl halides is 2. The molecule has 230 valence electrons. The van der Waals surface area contributed by atoms with E-state index in [0.29, 0.717) is 61.9 Å². The molecule has 0 heterocycles. The van der Waals surface area contributed by atoms with Crippen LogP contribution in [0.3, 0.4) is 0 Å². The van der Waals surface area contributed by atoms with Crippen molar-refractivity contribution in [2.45, 2.75) is 67.1 Å². The zero-order chi connectivity index (χ0) is 30.8. The fraction of sp³-hybridized carbons (Fsp3) is 0.500. The zero-order valence-corrected chi connectivity index (χ0v) is 28.1. The monoisotopic (exact) mass is 614 g/mol. The Morgan fingerprint density at radius 2 is 0.762 bits per heavy atom. The molecule has 0 spiro atoms. The predicted octanol–water partition coefficient (Wildman–Crippen LogP) is 10.6. The van der Waals surface area contributed by atoms with E-state index in [-0.39, 0.29) is 0 Å². The Morgan fingerprint density at radius 1 is 0.452 bits per heavy atom. The molecule has 0 saturated heterocycles. The third-order valence-corrected chi connectivity index (χ3v) is 6.99. The fourth-order valence-corrected chi connectivity index (χ4v) is 4.73. The summed E-state index contributed by atoms with van der Waals surface area (Å²) in [6.07, 6.45) is 0. The summed E-state index contributed by atoms with van der Waals surface area (Å²) >= 11 is 13.1. The first-order valence-electron chi connectivity index (χ1n) is 15.1. The van der Waals surface area contributed by atoms with Gasteiger partial charge in [0.2, 0.25) is 0 Å². The highest BCUT2D eigenvalue weighted by Gasteiger charge is 2.17.